The van der Waals surface area contributed by atoms with Crippen molar-refractivity contribution >= 4 is 0 Å². The van der Waals surface area contributed by atoms with Crippen molar-refractivity contribution in [1.29, 1.82) is 0 Å². The minimum Gasteiger partial charge on any atom is -0.474 e. The summed E-state index contributed by atoms with van der Waals surface area (Å²) < 4.78 is 50.3. The molecule has 134 valence electrons. The number of nitrogens with one attached hydrogen (secondary N) is 2. The first-order valence-electron chi connectivity index (χ1n) is 8.27. The average Bonchev–Trinajstić information content (AvgIpc) is 3.06. The van der Waals surface area contributed by atoms with Crippen molar-refractivity contribution in [1.82, 2.24) is 15.6 Å². The summed E-state index contributed by atoms with van der Waals surface area (Å²) in [5.74, 6) is 0.0520. The van der Waals surface area contributed by atoms with Crippen LogP contribution >= 0.6 is 0 Å². The molecule has 0 saturated carbocycles. The van der Waals surface area contributed by atoms with Gasteiger partial charge in [-0.15, -0.1) is 0 Å². The summed E-state index contributed by atoms with van der Waals surface area (Å²) in [7, 11) is 0. The van der Waals surface area contributed by atoms with Crippen LogP contribution in [0.25, 0.3) is 0 Å². The van der Waals surface area contributed by atoms with Crippen molar-refractivity contribution in [3.05, 3.63) is 23.4 Å². The number of hydrogen-bond acceptors (Lipinski definition) is 5. The summed E-state index contributed by atoms with van der Waals surface area (Å²) in [6, 6.07) is 2.86. The van der Waals surface area contributed by atoms with Gasteiger partial charge in [0.05, 0.1) is 6.61 Å². The molecule has 0 aliphatic carbocycles. The Bertz CT molecular complexity index is 542. The normalized spacial score (nSPS) is 22.7. The minimum atomic E-state index is -4.49. The Labute approximate surface area is 138 Å². The molecular weight excluding hydrogens is 323 g/mol. The third-order valence-electron chi connectivity index (χ3n) is 4.25. The number of hydrogen-bond donors (Lipinski definition) is 2. The first kappa shape index (κ1) is 17.4. The van der Waals surface area contributed by atoms with Gasteiger partial charge in [0.15, 0.2) is 0 Å². The molecular formula is C16H22F3N3O2. The Morgan fingerprint density at radius 2 is 2.04 bits per heavy atom. The molecule has 3 heterocycles. The van der Waals surface area contributed by atoms with Crippen LogP contribution < -0.4 is 15.4 Å². The second-order valence-electron chi connectivity index (χ2n) is 6.21. The summed E-state index contributed by atoms with van der Waals surface area (Å²) >= 11 is 0. The van der Waals surface area contributed by atoms with Gasteiger partial charge in [0.2, 0.25) is 5.88 Å². The molecule has 0 spiro atoms. The lowest BCUT2D eigenvalue weighted by Crippen LogP contribution is -2.34. The Hall–Kier alpha value is -1.38. The van der Waals surface area contributed by atoms with E-state index in [-0.39, 0.29) is 18.0 Å². The fourth-order valence-electron chi connectivity index (χ4n) is 2.91. The number of rotatable bonds is 5. The molecule has 2 fully saturated rings. The van der Waals surface area contributed by atoms with Gasteiger partial charge in [0.25, 0.3) is 0 Å². The van der Waals surface area contributed by atoms with Gasteiger partial charge in [0.1, 0.15) is 11.8 Å². The van der Waals surface area contributed by atoms with E-state index in [1.54, 1.807) is 6.07 Å². The zero-order valence-electron chi connectivity index (χ0n) is 13.4. The Kier molecular flexibility index (Phi) is 5.57. The molecule has 24 heavy (non-hydrogen) atoms. The molecule has 1 aromatic heterocycles. The quantitative estimate of drug-likeness (QED) is 0.856. The van der Waals surface area contributed by atoms with Crippen molar-refractivity contribution in [3.63, 3.8) is 0 Å². The second-order valence-corrected chi connectivity index (χ2v) is 6.21. The van der Waals surface area contributed by atoms with Crippen LogP contribution in [0.5, 0.6) is 5.88 Å². The molecule has 1 atom stereocenters. The smallest absolute Gasteiger partial charge is 0.433 e. The van der Waals surface area contributed by atoms with E-state index >= 15 is 0 Å². The van der Waals surface area contributed by atoms with Crippen molar-refractivity contribution < 1.29 is 22.6 Å². The summed E-state index contributed by atoms with van der Waals surface area (Å²) in [5, 5.41) is 6.42. The number of nitrogens with zero attached hydrogens (tertiary/aromatic N) is 1. The van der Waals surface area contributed by atoms with Gasteiger partial charge in [0, 0.05) is 25.3 Å². The summed E-state index contributed by atoms with van der Waals surface area (Å²) in [6.07, 6.45) is -2.17. The van der Waals surface area contributed by atoms with Crippen molar-refractivity contribution in [2.75, 3.05) is 26.3 Å². The third-order valence-corrected chi connectivity index (χ3v) is 4.25. The maximum Gasteiger partial charge on any atom is 0.433 e. The van der Waals surface area contributed by atoms with Gasteiger partial charge in [-0.1, -0.05) is 0 Å². The molecule has 0 amide bonds. The molecule has 8 heteroatoms. The fourth-order valence-corrected chi connectivity index (χ4v) is 2.91. The van der Waals surface area contributed by atoms with E-state index in [2.05, 4.69) is 15.6 Å². The molecule has 0 radical (unpaired) electrons. The van der Waals surface area contributed by atoms with Crippen LogP contribution in [0.1, 0.15) is 30.5 Å². The van der Waals surface area contributed by atoms with Gasteiger partial charge in [-0.25, -0.2) is 4.98 Å². The van der Waals surface area contributed by atoms with Gasteiger partial charge in [-0.2, -0.15) is 13.2 Å². The van der Waals surface area contributed by atoms with Crippen LogP contribution in [0.15, 0.2) is 12.1 Å². The van der Waals surface area contributed by atoms with Crippen LogP contribution in [0.4, 0.5) is 13.2 Å². The fraction of sp³-hybridized carbons (Fsp3) is 0.688. The summed E-state index contributed by atoms with van der Waals surface area (Å²) in [6.45, 7) is 3.23. The zero-order valence-corrected chi connectivity index (χ0v) is 13.4. The predicted molar refractivity (Wildman–Crippen MR) is 81.8 cm³/mol. The number of pyridine rings is 1. The lowest BCUT2D eigenvalue weighted by atomic mass is 10.1. The van der Waals surface area contributed by atoms with Crippen LogP contribution in [0, 0.1) is 0 Å². The standard InChI is InChI=1S/C16H22F3N3O2/c17-16(18,19)14-7-11(9-21-12-3-6-23-10-12)8-15(22-14)24-13-1-4-20-5-2-13/h7-8,12-13,20-21H,1-6,9-10H2. The highest BCUT2D eigenvalue weighted by molar-refractivity contribution is 5.27. The molecule has 1 aromatic rings. The summed E-state index contributed by atoms with van der Waals surface area (Å²) in [4.78, 5) is 3.66. The molecule has 2 N–H and O–H groups in total. The predicted octanol–water partition coefficient (Wildman–Crippen LogP) is 2.11. The van der Waals surface area contributed by atoms with Crippen LogP contribution in [0.3, 0.4) is 0 Å². The van der Waals surface area contributed by atoms with Gasteiger partial charge in [-0.3, -0.25) is 0 Å². The molecule has 5 nitrogen and oxygen atoms in total. The highest BCUT2D eigenvalue weighted by atomic mass is 19.4. The molecule has 3 rings (SSSR count). The molecule has 0 aromatic carbocycles. The lowest BCUT2D eigenvalue weighted by molar-refractivity contribution is -0.141. The highest BCUT2D eigenvalue weighted by Crippen LogP contribution is 2.30. The molecule has 0 bridgehead atoms. The number of ether oxygens (including phenoxy) is 2. The van der Waals surface area contributed by atoms with Crippen molar-refractivity contribution in [2.45, 2.75) is 44.1 Å². The number of aromatic nitrogens is 1. The first-order valence-corrected chi connectivity index (χ1v) is 8.27. The molecule has 2 aliphatic rings. The van der Waals surface area contributed by atoms with E-state index in [0.29, 0.717) is 25.3 Å². The molecule has 2 aliphatic heterocycles. The highest BCUT2D eigenvalue weighted by Gasteiger charge is 2.34. The van der Waals surface area contributed by atoms with E-state index in [0.717, 1.165) is 38.4 Å². The molecule has 2 saturated heterocycles. The maximum absolute atomic E-state index is 13.1. The van der Waals surface area contributed by atoms with E-state index in [1.807, 2.05) is 0 Å². The number of alkyl halides is 3. The molecule has 1 unspecified atom stereocenters. The van der Waals surface area contributed by atoms with Crippen LogP contribution in [-0.2, 0) is 17.5 Å². The lowest BCUT2D eigenvalue weighted by Gasteiger charge is -2.24. The van der Waals surface area contributed by atoms with Crippen molar-refractivity contribution in [2.24, 2.45) is 0 Å². The van der Waals surface area contributed by atoms with Crippen molar-refractivity contribution in [3.8, 4) is 5.88 Å². The SMILES string of the molecule is FC(F)(F)c1cc(CNC2CCOC2)cc(OC2CCNCC2)n1. The largest absolute Gasteiger partial charge is 0.474 e. The Morgan fingerprint density at radius 1 is 1.25 bits per heavy atom. The topological polar surface area (TPSA) is 55.4 Å². The number of halogens is 3. The average molecular weight is 345 g/mol. The third kappa shape index (κ3) is 4.81. The maximum atomic E-state index is 13.1. The van der Waals surface area contributed by atoms with Crippen LogP contribution in [-0.4, -0.2) is 43.4 Å². The Morgan fingerprint density at radius 3 is 2.71 bits per heavy atom. The van der Waals surface area contributed by atoms with E-state index in [4.69, 9.17) is 9.47 Å². The van der Waals surface area contributed by atoms with Gasteiger partial charge >= 0.3 is 6.18 Å². The number of piperidine rings is 1. The van der Waals surface area contributed by atoms with E-state index in [1.165, 1.54) is 0 Å². The monoisotopic (exact) mass is 345 g/mol. The van der Waals surface area contributed by atoms with Gasteiger partial charge in [-0.05, 0) is 44.0 Å². The minimum absolute atomic E-state index is 0.0520. The first-order chi connectivity index (χ1) is 11.5. The second kappa shape index (κ2) is 7.67. The Balaban J connectivity index is 1.72. The van der Waals surface area contributed by atoms with Crippen LogP contribution in [0.2, 0.25) is 0 Å². The van der Waals surface area contributed by atoms with E-state index < -0.39 is 11.9 Å². The van der Waals surface area contributed by atoms with Gasteiger partial charge < -0.3 is 20.1 Å². The zero-order chi connectivity index (χ0) is 17.0. The van der Waals surface area contributed by atoms with E-state index in [9.17, 15) is 13.2 Å². The summed E-state index contributed by atoms with van der Waals surface area (Å²) in [5.41, 5.74) is -0.387.